The Morgan fingerprint density at radius 2 is 2.21 bits per heavy atom. The number of benzene rings is 1. The minimum atomic E-state index is 0.564. The third-order valence-electron chi connectivity index (χ3n) is 3.21. The fourth-order valence-electron chi connectivity index (χ4n) is 2.07. The third kappa shape index (κ3) is 2.91. The maximum Gasteiger partial charge on any atom is 0.102 e. The highest BCUT2D eigenvalue weighted by atomic mass is 32.2. The van der Waals surface area contributed by atoms with E-state index in [1.807, 2.05) is 17.8 Å². The van der Waals surface area contributed by atoms with Crippen molar-refractivity contribution in [1.82, 2.24) is 10.3 Å². The average Bonchev–Trinajstić information content (AvgIpc) is 2.40. The summed E-state index contributed by atoms with van der Waals surface area (Å²) in [7, 11) is 0. The monoisotopic (exact) mass is 274 g/mol. The molecule has 1 N–H and O–H groups in total. The zero-order valence-corrected chi connectivity index (χ0v) is 11.9. The lowest BCUT2D eigenvalue weighted by atomic mass is 10.1. The van der Waals surface area contributed by atoms with Crippen molar-refractivity contribution in [2.75, 3.05) is 19.8 Å². The van der Waals surface area contributed by atoms with Crippen LogP contribution in [0.3, 0.4) is 0 Å². The van der Waals surface area contributed by atoms with Crippen LogP contribution in [-0.2, 0) is 11.3 Å². The molecule has 2 heterocycles. The maximum absolute atomic E-state index is 5.25. The largest absolute Gasteiger partial charge is 0.379 e. The summed E-state index contributed by atoms with van der Waals surface area (Å²) < 4.78 is 5.25. The molecule has 3 nitrogen and oxygen atoms in total. The molecule has 1 fully saturated rings. The van der Waals surface area contributed by atoms with Crippen LogP contribution in [0.4, 0.5) is 0 Å². The topological polar surface area (TPSA) is 34.2 Å². The van der Waals surface area contributed by atoms with Crippen molar-refractivity contribution in [3.63, 3.8) is 0 Å². The highest BCUT2D eigenvalue weighted by molar-refractivity contribution is 8.00. The average molecular weight is 274 g/mol. The normalized spacial score (nSPS) is 15.6. The zero-order chi connectivity index (χ0) is 13.1. The highest BCUT2D eigenvalue weighted by Crippen LogP contribution is 2.31. The first kappa shape index (κ1) is 12.9. The number of hydrogen-bond acceptors (Lipinski definition) is 4. The predicted octanol–water partition coefficient (Wildman–Crippen LogP) is 2.84. The van der Waals surface area contributed by atoms with Crippen LogP contribution in [0.1, 0.15) is 12.5 Å². The van der Waals surface area contributed by atoms with Crippen molar-refractivity contribution in [1.29, 1.82) is 0 Å². The summed E-state index contributed by atoms with van der Waals surface area (Å²) in [5.74, 6) is 0. The smallest absolute Gasteiger partial charge is 0.102 e. The van der Waals surface area contributed by atoms with Crippen molar-refractivity contribution in [2.24, 2.45) is 0 Å². The molecule has 0 radical (unpaired) electrons. The predicted molar refractivity (Wildman–Crippen MR) is 79.6 cm³/mol. The number of para-hydroxylation sites is 1. The van der Waals surface area contributed by atoms with Crippen molar-refractivity contribution in [3.8, 4) is 0 Å². The number of aromatic nitrogens is 1. The van der Waals surface area contributed by atoms with E-state index in [0.717, 1.165) is 36.8 Å². The second kappa shape index (κ2) is 5.90. The third-order valence-corrected chi connectivity index (χ3v) is 4.40. The number of fused-ring (bicyclic) bond motifs is 1. The highest BCUT2D eigenvalue weighted by Gasteiger charge is 2.21. The fourth-order valence-corrected chi connectivity index (χ4v) is 3.15. The van der Waals surface area contributed by atoms with Gasteiger partial charge in [-0.1, -0.05) is 36.9 Å². The van der Waals surface area contributed by atoms with Crippen LogP contribution in [0.5, 0.6) is 0 Å². The molecule has 1 aromatic carbocycles. The van der Waals surface area contributed by atoms with Crippen molar-refractivity contribution in [2.45, 2.75) is 23.7 Å². The van der Waals surface area contributed by atoms with Gasteiger partial charge in [-0.3, -0.25) is 0 Å². The second-order valence-electron chi connectivity index (χ2n) is 4.70. The molecule has 0 unspecified atom stereocenters. The SMILES string of the molecule is CCNCc1cc2ccccc2nc1SC1COC1. The van der Waals surface area contributed by atoms with Gasteiger partial charge >= 0.3 is 0 Å². The van der Waals surface area contributed by atoms with Gasteiger partial charge in [0.1, 0.15) is 5.03 Å². The first-order valence-electron chi connectivity index (χ1n) is 6.70. The summed E-state index contributed by atoms with van der Waals surface area (Å²) in [6.45, 7) is 5.68. The number of hydrogen-bond donors (Lipinski definition) is 1. The van der Waals surface area contributed by atoms with E-state index < -0.39 is 0 Å². The van der Waals surface area contributed by atoms with Gasteiger partial charge in [0.05, 0.1) is 24.0 Å². The van der Waals surface area contributed by atoms with Crippen LogP contribution in [0.15, 0.2) is 35.4 Å². The Balaban J connectivity index is 1.94. The van der Waals surface area contributed by atoms with E-state index in [0.29, 0.717) is 5.25 Å². The minimum Gasteiger partial charge on any atom is -0.379 e. The molecule has 1 saturated heterocycles. The summed E-state index contributed by atoms with van der Waals surface area (Å²) in [4.78, 5) is 4.82. The van der Waals surface area contributed by atoms with Crippen molar-refractivity contribution < 1.29 is 4.74 Å². The van der Waals surface area contributed by atoms with Gasteiger partial charge in [0.2, 0.25) is 0 Å². The molecule has 0 aliphatic carbocycles. The van der Waals surface area contributed by atoms with Gasteiger partial charge in [0, 0.05) is 11.9 Å². The maximum atomic E-state index is 5.25. The second-order valence-corrected chi connectivity index (χ2v) is 5.99. The molecule has 1 aliphatic rings. The van der Waals surface area contributed by atoms with Gasteiger partial charge < -0.3 is 10.1 Å². The number of nitrogens with one attached hydrogen (secondary N) is 1. The Morgan fingerprint density at radius 3 is 2.95 bits per heavy atom. The van der Waals surface area contributed by atoms with Crippen LogP contribution in [0.2, 0.25) is 0 Å². The molecule has 2 aromatic rings. The molecule has 1 aliphatic heterocycles. The molecule has 0 spiro atoms. The minimum absolute atomic E-state index is 0.564. The summed E-state index contributed by atoms with van der Waals surface area (Å²) >= 11 is 1.85. The first-order valence-corrected chi connectivity index (χ1v) is 7.58. The van der Waals surface area contributed by atoms with Gasteiger partial charge in [-0.2, -0.15) is 0 Å². The van der Waals surface area contributed by atoms with E-state index in [2.05, 4.69) is 36.5 Å². The first-order chi connectivity index (χ1) is 9.36. The number of ether oxygens (including phenoxy) is 1. The lowest BCUT2D eigenvalue weighted by Gasteiger charge is -2.25. The molecule has 1 aromatic heterocycles. The van der Waals surface area contributed by atoms with Crippen LogP contribution in [0, 0.1) is 0 Å². The summed E-state index contributed by atoms with van der Waals surface area (Å²) in [6.07, 6.45) is 0. The van der Waals surface area contributed by atoms with E-state index >= 15 is 0 Å². The van der Waals surface area contributed by atoms with Gasteiger partial charge in [0.25, 0.3) is 0 Å². The van der Waals surface area contributed by atoms with E-state index in [1.54, 1.807) is 0 Å². The van der Waals surface area contributed by atoms with Gasteiger partial charge in [-0.25, -0.2) is 4.98 Å². The molecule has 0 atom stereocenters. The number of pyridine rings is 1. The molecule has 4 heteroatoms. The number of thioether (sulfide) groups is 1. The zero-order valence-electron chi connectivity index (χ0n) is 11.1. The van der Waals surface area contributed by atoms with Crippen LogP contribution < -0.4 is 5.32 Å². The number of nitrogens with zero attached hydrogens (tertiary/aromatic N) is 1. The summed E-state index contributed by atoms with van der Waals surface area (Å²) in [5, 5.41) is 6.32. The van der Waals surface area contributed by atoms with Gasteiger partial charge in [-0.05, 0) is 24.2 Å². The van der Waals surface area contributed by atoms with Gasteiger partial charge in [-0.15, -0.1) is 0 Å². The molecular formula is C15H18N2OS. The Labute approximate surface area is 117 Å². The summed E-state index contributed by atoms with van der Waals surface area (Å²) in [6, 6.07) is 10.6. The lowest BCUT2D eigenvalue weighted by Crippen LogP contribution is -2.30. The molecule has 0 saturated carbocycles. The molecule has 100 valence electrons. The quantitative estimate of drug-likeness (QED) is 0.909. The van der Waals surface area contributed by atoms with Crippen LogP contribution in [-0.4, -0.2) is 30.0 Å². The van der Waals surface area contributed by atoms with E-state index in [1.165, 1.54) is 10.9 Å². The molecule has 3 rings (SSSR count). The molecule has 19 heavy (non-hydrogen) atoms. The Kier molecular flexibility index (Phi) is 4.01. The lowest BCUT2D eigenvalue weighted by molar-refractivity contribution is 0.0454. The van der Waals surface area contributed by atoms with Crippen molar-refractivity contribution in [3.05, 3.63) is 35.9 Å². The standard InChI is InChI=1S/C15H18N2OS/c1-2-16-8-12-7-11-5-3-4-6-14(11)17-15(12)19-13-9-18-10-13/h3-7,13,16H,2,8-10H2,1H3. The Hall–Kier alpha value is -1.10. The summed E-state index contributed by atoms with van der Waals surface area (Å²) in [5.41, 5.74) is 2.36. The van der Waals surface area contributed by atoms with Crippen molar-refractivity contribution >= 4 is 22.7 Å². The number of rotatable bonds is 5. The Morgan fingerprint density at radius 1 is 1.37 bits per heavy atom. The van der Waals surface area contributed by atoms with E-state index in [9.17, 15) is 0 Å². The fraction of sp³-hybridized carbons (Fsp3) is 0.400. The molecular weight excluding hydrogens is 256 g/mol. The van der Waals surface area contributed by atoms with Crippen LogP contribution >= 0.6 is 11.8 Å². The molecule has 0 amide bonds. The van der Waals surface area contributed by atoms with Crippen LogP contribution in [0.25, 0.3) is 10.9 Å². The van der Waals surface area contributed by atoms with E-state index in [4.69, 9.17) is 9.72 Å². The van der Waals surface area contributed by atoms with E-state index in [-0.39, 0.29) is 0 Å². The Bertz CT molecular complexity index is 569. The molecule has 0 bridgehead atoms. The van der Waals surface area contributed by atoms with Gasteiger partial charge in [0.15, 0.2) is 0 Å².